The lowest BCUT2D eigenvalue weighted by atomic mass is 10.3. The fourth-order valence-electron chi connectivity index (χ4n) is 1.80. The predicted molar refractivity (Wildman–Crippen MR) is 70.5 cm³/mol. The molecule has 0 unspecified atom stereocenters. The van der Waals surface area contributed by atoms with Crippen molar-refractivity contribution in [2.45, 2.75) is 33.2 Å². The highest BCUT2D eigenvalue weighted by atomic mass is 15.1. The molecule has 0 spiro atoms. The summed E-state index contributed by atoms with van der Waals surface area (Å²) in [6.45, 7) is 5.89. The first-order chi connectivity index (χ1) is 8.85. The van der Waals surface area contributed by atoms with Crippen LogP contribution >= 0.6 is 0 Å². The molecule has 2 heterocycles. The van der Waals surface area contributed by atoms with Crippen LogP contribution in [0.25, 0.3) is 5.82 Å². The maximum Gasteiger partial charge on any atom is 0.156 e. The molecule has 2 aromatic rings. The third kappa shape index (κ3) is 2.92. The van der Waals surface area contributed by atoms with E-state index in [1.165, 1.54) is 0 Å². The smallest absolute Gasteiger partial charge is 0.156 e. The zero-order valence-electron chi connectivity index (χ0n) is 10.9. The van der Waals surface area contributed by atoms with Gasteiger partial charge in [0, 0.05) is 31.6 Å². The number of aryl methyl sites for hydroxylation is 1. The predicted octanol–water partition coefficient (Wildman–Crippen LogP) is 1.72. The summed E-state index contributed by atoms with van der Waals surface area (Å²) in [5, 5.41) is 3.25. The largest absolute Gasteiger partial charge is 0.311 e. The third-order valence-corrected chi connectivity index (χ3v) is 2.67. The van der Waals surface area contributed by atoms with E-state index in [0.717, 1.165) is 43.3 Å². The minimum absolute atomic E-state index is 0.745. The molecule has 0 radical (unpaired) electrons. The summed E-state index contributed by atoms with van der Waals surface area (Å²) < 4.78 is 2.01. The van der Waals surface area contributed by atoms with E-state index in [2.05, 4.69) is 34.1 Å². The van der Waals surface area contributed by atoms with E-state index < -0.39 is 0 Å². The summed E-state index contributed by atoms with van der Waals surface area (Å²) in [7, 11) is 0. The average Bonchev–Trinajstić information content (AvgIpc) is 2.85. The highest BCUT2D eigenvalue weighted by molar-refractivity contribution is 5.22. The average molecular weight is 245 g/mol. The maximum absolute atomic E-state index is 4.59. The Morgan fingerprint density at radius 1 is 1.28 bits per heavy atom. The van der Waals surface area contributed by atoms with E-state index in [0.29, 0.717) is 0 Å². The molecule has 5 heteroatoms. The molecule has 0 aliphatic carbocycles. The Bertz CT molecular complexity index is 492. The number of rotatable bonds is 6. The Hall–Kier alpha value is -1.75. The summed E-state index contributed by atoms with van der Waals surface area (Å²) in [4.78, 5) is 13.2. The number of imidazole rings is 1. The molecule has 0 aliphatic heterocycles. The first-order valence-electron chi connectivity index (χ1n) is 6.39. The summed E-state index contributed by atoms with van der Waals surface area (Å²) >= 11 is 0. The van der Waals surface area contributed by atoms with Crippen molar-refractivity contribution in [1.82, 2.24) is 24.8 Å². The van der Waals surface area contributed by atoms with Gasteiger partial charge in [-0.2, -0.15) is 0 Å². The molecule has 0 saturated heterocycles. The molecule has 0 fully saturated rings. The van der Waals surface area contributed by atoms with Gasteiger partial charge in [-0.3, -0.25) is 9.55 Å². The summed E-state index contributed by atoms with van der Waals surface area (Å²) in [6.07, 6.45) is 9.34. The fourth-order valence-corrected chi connectivity index (χ4v) is 1.80. The van der Waals surface area contributed by atoms with Crippen LogP contribution in [0.5, 0.6) is 0 Å². The van der Waals surface area contributed by atoms with Gasteiger partial charge < -0.3 is 5.32 Å². The molecule has 0 atom stereocenters. The van der Waals surface area contributed by atoms with Gasteiger partial charge in [-0.1, -0.05) is 13.8 Å². The lowest BCUT2D eigenvalue weighted by Gasteiger charge is -2.07. The minimum atomic E-state index is 0.745. The van der Waals surface area contributed by atoms with E-state index in [-0.39, 0.29) is 0 Å². The van der Waals surface area contributed by atoms with Crippen molar-refractivity contribution >= 4 is 0 Å². The Morgan fingerprint density at radius 3 is 2.94 bits per heavy atom. The molecular formula is C13H19N5. The van der Waals surface area contributed by atoms with Crippen molar-refractivity contribution in [3.05, 3.63) is 36.3 Å². The van der Waals surface area contributed by atoms with E-state index in [9.17, 15) is 0 Å². The van der Waals surface area contributed by atoms with Gasteiger partial charge in [0.25, 0.3) is 0 Å². The van der Waals surface area contributed by atoms with Crippen LogP contribution < -0.4 is 5.32 Å². The molecule has 5 nitrogen and oxygen atoms in total. The molecular weight excluding hydrogens is 226 g/mol. The SMILES string of the molecule is CCCc1nccn1-c1cncc(CNCC)n1. The topological polar surface area (TPSA) is 55.6 Å². The number of aromatic nitrogens is 4. The Labute approximate surface area is 107 Å². The first kappa shape index (κ1) is 12.7. The standard InChI is InChI=1S/C13H19N5/c1-3-5-12-16-6-7-18(12)13-10-15-9-11(17-13)8-14-4-2/h6-7,9-10,14H,3-5,8H2,1-2H3. The lowest BCUT2D eigenvalue weighted by Crippen LogP contribution is -2.14. The Morgan fingerprint density at radius 2 is 2.17 bits per heavy atom. The molecule has 2 aromatic heterocycles. The zero-order valence-corrected chi connectivity index (χ0v) is 10.9. The molecule has 0 aliphatic rings. The van der Waals surface area contributed by atoms with Crippen LogP contribution in [0.15, 0.2) is 24.8 Å². The van der Waals surface area contributed by atoms with Crippen LogP contribution in [0.1, 0.15) is 31.8 Å². The van der Waals surface area contributed by atoms with E-state index in [4.69, 9.17) is 0 Å². The van der Waals surface area contributed by atoms with Crippen molar-refractivity contribution in [3.8, 4) is 5.82 Å². The molecule has 96 valence electrons. The van der Waals surface area contributed by atoms with Gasteiger partial charge in [-0.25, -0.2) is 9.97 Å². The zero-order chi connectivity index (χ0) is 12.8. The van der Waals surface area contributed by atoms with Crippen LogP contribution in [0.2, 0.25) is 0 Å². The van der Waals surface area contributed by atoms with Gasteiger partial charge in [0.15, 0.2) is 5.82 Å². The third-order valence-electron chi connectivity index (χ3n) is 2.67. The normalized spacial score (nSPS) is 10.8. The van der Waals surface area contributed by atoms with Crippen LogP contribution in [0.3, 0.4) is 0 Å². The van der Waals surface area contributed by atoms with Crippen LogP contribution in [-0.2, 0) is 13.0 Å². The van der Waals surface area contributed by atoms with E-state index >= 15 is 0 Å². The quantitative estimate of drug-likeness (QED) is 0.842. The second kappa shape index (κ2) is 6.26. The number of nitrogens with one attached hydrogen (secondary N) is 1. The van der Waals surface area contributed by atoms with E-state index in [1.807, 2.05) is 17.0 Å². The van der Waals surface area contributed by atoms with Gasteiger partial charge in [-0.05, 0) is 13.0 Å². The molecule has 0 aromatic carbocycles. The Balaban J connectivity index is 2.24. The summed E-state index contributed by atoms with van der Waals surface area (Å²) in [5.74, 6) is 1.87. The van der Waals surface area contributed by atoms with Gasteiger partial charge in [0.2, 0.25) is 0 Å². The van der Waals surface area contributed by atoms with E-state index in [1.54, 1.807) is 12.4 Å². The number of hydrogen-bond acceptors (Lipinski definition) is 4. The molecule has 0 saturated carbocycles. The van der Waals surface area contributed by atoms with Crippen molar-refractivity contribution in [1.29, 1.82) is 0 Å². The summed E-state index contributed by atoms with van der Waals surface area (Å²) in [6, 6.07) is 0. The second-order valence-electron chi connectivity index (χ2n) is 4.11. The van der Waals surface area contributed by atoms with Gasteiger partial charge in [0.1, 0.15) is 5.82 Å². The molecule has 18 heavy (non-hydrogen) atoms. The van der Waals surface area contributed by atoms with Gasteiger partial charge in [0.05, 0.1) is 11.9 Å². The first-order valence-corrected chi connectivity index (χ1v) is 6.39. The molecule has 2 rings (SSSR count). The van der Waals surface area contributed by atoms with Crippen LogP contribution in [-0.4, -0.2) is 26.1 Å². The molecule has 1 N–H and O–H groups in total. The van der Waals surface area contributed by atoms with Gasteiger partial charge in [-0.15, -0.1) is 0 Å². The summed E-state index contributed by atoms with van der Waals surface area (Å²) in [5.41, 5.74) is 0.950. The number of hydrogen-bond donors (Lipinski definition) is 1. The fraction of sp³-hybridized carbons (Fsp3) is 0.462. The van der Waals surface area contributed by atoms with Crippen molar-refractivity contribution in [2.75, 3.05) is 6.54 Å². The molecule has 0 amide bonds. The van der Waals surface area contributed by atoms with Crippen molar-refractivity contribution in [2.24, 2.45) is 0 Å². The highest BCUT2D eigenvalue weighted by Crippen LogP contribution is 2.09. The minimum Gasteiger partial charge on any atom is -0.311 e. The van der Waals surface area contributed by atoms with Crippen LogP contribution in [0, 0.1) is 0 Å². The highest BCUT2D eigenvalue weighted by Gasteiger charge is 2.06. The van der Waals surface area contributed by atoms with Crippen molar-refractivity contribution in [3.63, 3.8) is 0 Å². The monoisotopic (exact) mass is 245 g/mol. The Kier molecular flexibility index (Phi) is 4.41. The maximum atomic E-state index is 4.59. The van der Waals surface area contributed by atoms with Crippen LogP contribution in [0.4, 0.5) is 0 Å². The van der Waals surface area contributed by atoms with Crippen molar-refractivity contribution < 1.29 is 0 Å². The second-order valence-corrected chi connectivity index (χ2v) is 4.11. The van der Waals surface area contributed by atoms with Gasteiger partial charge >= 0.3 is 0 Å². The lowest BCUT2D eigenvalue weighted by molar-refractivity contribution is 0.700. The number of nitrogens with zero attached hydrogens (tertiary/aromatic N) is 4. The molecule has 0 bridgehead atoms.